The summed E-state index contributed by atoms with van der Waals surface area (Å²) in [5, 5.41) is 0. The molecule has 2 heterocycles. The molecule has 1 amide bonds. The largest absolute Gasteiger partial charge is 0.493 e. The maximum Gasteiger partial charge on any atom is 0.415 e. The lowest BCUT2D eigenvalue weighted by Crippen LogP contribution is -2.46. The van der Waals surface area contributed by atoms with Gasteiger partial charge in [-0.15, -0.1) is 0 Å². The maximum atomic E-state index is 13.6. The molecule has 0 bridgehead atoms. The van der Waals surface area contributed by atoms with Gasteiger partial charge in [0.05, 0.1) is 38.0 Å². The number of amides is 1. The normalized spacial score (nSPS) is 16.5. The van der Waals surface area contributed by atoms with Gasteiger partial charge in [-0.2, -0.15) is 0 Å². The number of carbonyl (C=O) groups is 2. The molecule has 41 heavy (non-hydrogen) atoms. The number of rotatable bonds is 9. The Morgan fingerprint density at radius 3 is 2.12 bits per heavy atom. The van der Waals surface area contributed by atoms with Gasteiger partial charge in [-0.1, -0.05) is 12.1 Å². The van der Waals surface area contributed by atoms with Crippen LogP contribution < -0.4 is 14.4 Å². The third-order valence-electron chi connectivity index (χ3n) is 7.60. The van der Waals surface area contributed by atoms with Gasteiger partial charge in [0.2, 0.25) is 0 Å². The number of halogens is 1. The molecule has 216 valence electrons. The van der Waals surface area contributed by atoms with Crippen molar-refractivity contribution in [3.05, 3.63) is 77.6 Å². The highest BCUT2D eigenvalue weighted by Crippen LogP contribution is 2.41. The number of benzene rings is 3. The van der Waals surface area contributed by atoms with E-state index >= 15 is 0 Å². The Labute approximate surface area is 239 Å². The number of piperidine rings is 1. The van der Waals surface area contributed by atoms with Gasteiger partial charge in [-0.05, 0) is 73.5 Å². The van der Waals surface area contributed by atoms with Crippen LogP contribution in [0.15, 0.2) is 60.7 Å². The summed E-state index contributed by atoms with van der Waals surface area (Å²) in [7, 11) is 1.34. The molecule has 0 atom stereocenters. The molecule has 3 aromatic carbocycles. The van der Waals surface area contributed by atoms with Gasteiger partial charge >= 0.3 is 12.1 Å². The number of carbonyl (C=O) groups excluding carboxylic acids is 2. The average molecular weight is 563 g/mol. The summed E-state index contributed by atoms with van der Waals surface area (Å²) in [6.07, 6.45) is 1.04. The van der Waals surface area contributed by atoms with Crippen LogP contribution in [0, 0.1) is 5.82 Å². The van der Waals surface area contributed by atoms with Crippen molar-refractivity contribution >= 4 is 17.7 Å². The summed E-state index contributed by atoms with van der Waals surface area (Å²) in [4.78, 5) is 28.5. The first kappa shape index (κ1) is 28.4. The van der Waals surface area contributed by atoms with Crippen molar-refractivity contribution in [3.63, 3.8) is 0 Å². The molecule has 0 unspecified atom stereocenters. The Hall–Kier alpha value is -4.11. The number of hydrogen-bond donors (Lipinski definition) is 0. The molecule has 0 aliphatic carbocycles. The number of ether oxygens (including phenoxy) is 4. The second-order valence-electron chi connectivity index (χ2n) is 10.3. The second kappa shape index (κ2) is 12.2. The molecule has 8 nitrogen and oxygen atoms in total. The fourth-order valence-corrected chi connectivity index (χ4v) is 5.53. The van der Waals surface area contributed by atoms with Crippen LogP contribution in [0.25, 0.3) is 11.1 Å². The molecule has 9 heteroatoms. The predicted octanol–water partition coefficient (Wildman–Crippen LogP) is 6.07. The van der Waals surface area contributed by atoms with Gasteiger partial charge < -0.3 is 18.9 Å². The molecule has 2 saturated heterocycles. The van der Waals surface area contributed by atoms with Crippen LogP contribution in [-0.2, 0) is 16.0 Å². The minimum atomic E-state index is -0.548. The molecule has 2 fully saturated rings. The van der Waals surface area contributed by atoms with E-state index in [2.05, 4.69) is 4.90 Å². The molecule has 2 aliphatic rings. The summed E-state index contributed by atoms with van der Waals surface area (Å²) in [6, 6.07) is 17.2. The van der Waals surface area contributed by atoms with E-state index in [1.54, 1.807) is 41.3 Å². The highest BCUT2D eigenvalue weighted by molar-refractivity contribution is 5.93. The number of hydrogen-bond acceptors (Lipinski definition) is 7. The first-order chi connectivity index (χ1) is 19.8. The molecule has 5 rings (SSSR count). The van der Waals surface area contributed by atoms with Crippen LogP contribution in [0.2, 0.25) is 0 Å². The molecule has 0 aromatic heterocycles. The first-order valence-corrected chi connectivity index (χ1v) is 13.9. The number of anilines is 1. The number of methoxy groups -OCH3 is 1. The van der Waals surface area contributed by atoms with Crippen molar-refractivity contribution < 1.29 is 32.9 Å². The fraction of sp³-hybridized carbons (Fsp3) is 0.375. The van der Waals surface area contributed by atoms with E-state index in [9.17, 15) is 14.0 Å². The summed E-state index contributed by atoms with van der Waals surface area (Å²) in [5.41, 5.74) is 3.26. The second-order valence-corrected chi connectivity index (χ2v) is 10.3. The Morgan fingerprint density at radius 1 is 0.951 bits per heavy atom. The predicted molar refractivity (Wildman–Crippen MR) is 153 cm³/mol. The quantitative estimate of drug-likeness (QED) is 0.293. The Kier molecular flexibility index (Phi) is 8.44. The van der Waals surface area contributed by atoms with E-state index < -0.39 is 11.6 Å². The molecule has 0 saturated carbocycles. The molecule has 3 aromatic rings. The van der Waals surface area contributed by atoms with Crippen LogP contribution in [0.1, 0.15) is 42.6 Å². The first-order valence-electron chi connectivity index (χ1n) is 13.9. The van der Waals surface area contributed by atoms with Crippen LogP contribution in [-0.4, -0.2) is 62.5 Å². The van der Waals surface area contributed by atoms with Crippen molar-refractivity contribution in [1.82, 2.24) is 4.90 Å². The molecular formula is C32H35FN2O6. The van der Waals surface area contributed by atoms with Crippen LogP contribution in [0.4, 0.5) is 14.9 Å². The van der Waals surface area contributed by atoms with Gasteiger partial charge in [-0.3, -0.25) is 9.80 Å². The summed E-state index contributed by atoms with van der Waals surface area (Å²) < 4.78 is 36.3. The molecular weight excluding hydrogens is 527 g/mol. The lowest BCUT2D eigenvalue weighted by molar-refractivity contribution is -0.00101. The lowest BCUT2D eigenvalue weighted by atomic mass is 9.91. The minimum Gasteiger partial charge on any atom is -0.493 e. The highest BCUT2D eigenvalue weighted by Gasteiger charge is 2.47. The number of likely N-dealkylation sites (tertiary alicyclic amines) is 1. The van der Waals surface area contributed by atoms with Gasteiger partial charge in [0, 0.05) is 38.2 Å². The minimum absolute atomic E-state index is 0.295. The smallest absolute Gasteiger partial charge is 0.415 e. The highest BCUT2D eigenvalue weighted by atomic mass is 19.1. The summed E-state index contributed by atoms with van der Waals surface area (Å²) in [6.45, 7) is 7.52. The molecule has 2 aliphatic heterocycles. The van der Waals surface area contributed by atoms with E-state index in [1.807, 2.05) is 26.0 Å². The van der Waals surface area contributed by atoms with Crippen molar-refractivity contribution in [3.8, 4) is 22.6 Å². The summed E-state index contributed by atoms with van der Waals surface area (Å²) >= 11 is 0. The van der Waals surface area contributed by atoms with E-state index in [4.69, 9.17) is 18.9 Å². The van der Waals surface area contributed by atoms with Gasteiger partial charge in [-0.25, -0.2) is 14.0 Å². The van der Waals surface area contributed by atoms with Crippen LogP contribution in [0.3, 0.4) is 0 Å². The Balaban J connectivity index is 1.28. The SMILES string of the molecule is CCOc1cc(CN2CCC3(CC2)CN(c2ccc(C(=O)OC)cc2)C(=O)O3)cc(OCC)c1-c1ccc(F)cc1. The Bertz CT molecular complexity index is 1360. The van der Waals surface area contributed by atoms with Crippen LogP contribution >= 0.6 is 0 Å². The topological polar surface area (TPSA) is 77.5 Å². The van der Waals surface area contributed by atoms with E-state index in [-0.39, 0.29) is 11.9 Å². The summed E-state index contributed by atoms with van der Waals surface area (Å²) in [5.74, 6) is 0.687. The van der Waals surface area contributed by atoms with Crippen LogP contribution in [0.5, 0.6) is 11.5 Å². The monoisotopic (exact) mass is 562 g/mol. The van der Waals surface area contributed by atoms with Gasteiger partial charge in [0.15, 0.2) is 0 Å². The van der Waals surface area contributed by atoms with Crippen molar-refractivity contribution in [2.45, 2.75) is 38.8 Å². The maximum absolute atomic E-state index is 13.6. The van der Waals surface area contributed by atoms with Crippen molar-refractivity contribution in [1.29, 1.82) is 0 Å². The molecule has 1 spiro atoms. The third-order valence-corrected chi connectivity index (χ3v) is 7.60. The number of esters is 1. The third kappa shape index (κ3) is 6.15. The van der Waals surface area contributed by atoms with Gasteiger partial charge in [0.25, 0.3) is 0 Å². The lowest BCUT2D eigenvalue weighted by Gasteiger charge is -2.37. The molecule has 0 radical (unpaired) electrons. The zero-order valence-electron chi connectivity index (χ0n) is 23.7. The zero-order chi connectivity index (χ0) is 29.0. The molecule has 0 N–H and O–H groups in total. The van der Waals surface area contributed by atoms with E-state index in [0.29, 0.717) is 61.9 Å². The van der Waals surface area contributed by atoms with E-state index in [0.717, 1.165) is 29.8 Å². The fourth-order valence-electron chi connectivity index (χ4n) is 5.53. The van der Waals surface area contributed by atoms with Crippen molar-refractivity contribution in [2.24, 2.45) is 0 Å². The number of nitrogens with zero attached hydrogens (tertiary/aromatic N) is 2. The Morgan fingerprint density at radius 2 is 1.56 bits per heavy atom. The standard InChI is InChI=1S/C32H35FN2O6/c1-4-39-27-18-22(19-28(40-5-2)29(27)23-6-10-25(33)11-7-23)20-34-16-14-32(15-17-34)21-35(31(37)41-32)26-12-8-24(9-13-26)30(36)38-3/h6-13,18-19H,4-5,14-17,20-21H2,1-3H3. The van der Waals surface area contributed by atoms with E-state index in [1.165, 1.54) is 19.2 Å². The van der Waals surface area contributed by atoms with Crippen molar-refractivity contribution in [2.75, 3.05) is 44.9 Å². The zero-order valence-corrected chi connectivity index (χ0v) is 23.7. The van der Waals surface area contributed by atoms with Gasteiger partial charge in [0.1, 0.15) is 22.9 Å². The average Bonchev–Trinajstić information content (AvgIpc) is 3.30.